The third-order valence-corrected chi connectivity index (χ3v) is 4.69. The van der Waals surface area contributed by atoms with Crippen LogP contribution in [-0.2, 0) is 0 Å². The standard InChI is InChI=1S/C24H23N3O2/c1-2-3-16-29-21-13-9-19(10-14-21)24(28)25-20-11-7-18(8-12-20)22-17-27-15-5-4-6-23(27)26-22/h4-15,17H,2-3,16H2,1H3,(H,25,28). The number of imidazole rings is 1. The maximum absolute atomic E-state index is 12.5. The summed E-state index contributed by atoms with van der Waals surface area (Å²) in [5.41, 5.74) is 4.14. The minimum absolute atomic E-state index is 0.148. The molecule has 2 aromatic carbocycles. The van der Waals surface area contributed by atoms with Crippen LogP contribution in [0, 0.1) is 0 Å². The number of nitrogens with one attached hydrogen (secondary N) is 1. The zero-order chi connectivity index (χ0) is 20.1. The number of ether oxygens (including phenoxy) is 1. The maximum Gasteiger partial charge on any atom is 0.255 e. The third kappa shape index (κ3) is 4.46. The van der Waals surface area contributed by atoms with Crippen LogP contribution in [0.15, 0.2) is 79.1 Å². The molecule has 29 heavy (non-hydrogen) atoms. The fourth-order valence-electron chi connectivity index (χ4n) is 3.04. The molecular formula is C24H23N3O2. The molecule has 0 saturated carbocycles. The lowest BCUT2D eigenvalue weighted by Gasteiger charge is -2.08. The second-order valence-corrected chi connectivity index (χ2v) is 6.85. The van der Waals surface area contributed by atoms with Gasteiger partial charge in [-0.15, -0.1) is 0 Å². The molecule has 0 saturated heterocycles. The van der Waals surface area contributed by atoms with Gasteiger partial charge in [-0.3, -0.25) is 4.79 Å². The molecule has 0 aliphatic carbocycles. The van der Waals surface area contributed by atoms with Gasteiger partial charge in [-0.1, -0.05) is 31.5 Å². The molecule has 2 aromatic heterocycles. The Balaban J connectivity index is 1.41. The number of unbranched alkanes of at least 4 members (excludes halogenated alkanes) is 1. The Labute approximate surface area is 170 Å². The summed E-state index contributed by atoms with van der Waals surface area (Å²) in [5.74, 6) is 0.636. The minimum atomic E-state index is -0.148. The minimum Gasteiger partial charge on any atom is -0.494 e. The summed E-state index contributed by atoms with van der Waals surface area (Å²) in [6.45, 7) is 2.82. The van der Waals surface area contributed by atoms with E-state index in [1.165, 1.54) is 0 Å². The molecule has 4 aromatic rings. The van der Waals surface area contributed by atoms with Crippen LogP contribution in [0.2, 0.25) is 0 Å². The Kier molecular flexibility index (Phi) is 5.56. The van der Waals surface area contributed by atoms with Crippen LogP contribution in [0.25, 0.3) is 16.9 Å². The number of aromatic nitrogens is 2. The van der Waals surface area contributed by atoms with Crippen LogP contribution in [0.1, 0.15) is 30.1 Å². The molecule has 0 aliphatic rings. The highest BCUT2D eigenvalue weighted by Crippen LogP contribution is 2.22. The first kappa shape index (κ1) is 18.7. The van der Waals surface area contributed by atoms with Crippen molar-refractivity contribution in [1.82, 2.24) is 9.38 Å². The molecule has 0 spiro atoms. The number of nitrogens with zero attached hydrogens (tertiary/aromatic N) is 2. The van der Waals surface area contributed by atoms with E-state index in [0.29, 0.717) is 12.2 Å². The number of benzene rings is 2. The number of hydrogen-bond acceptors (Lipinski definition) is 3. The highest BCUT2D eigenvalue weighted by Gasteiger charge is 2.08. The van der Waals surface area contributed by atoms with Crippen molar-refractivity contribution < 1.29 is 9.53 Å². The molecule has 0 bridgehead atoms. The molecule has 2 heterocycles. The largest absolute Gasteiger partial charge is 0.494 e. The van der Waals surface area contributed by atoms with Crippen molar-refractivity contribution in [3.05, 3.63) is 84.7 Å². The Morgan fingerprint density at radius 1 is 1.03 bits per heavy atom. The number of carbonyl (C=O) groups is 1. The van der Waals surface area contributed by atoms with Gasteiger partial charge in [0.1, 0.15) is 11.4 Å². The number of rotatable bonds is 7. The summed E-state index contributed by atoms with van der Waals surface area (Å²) < 4.78 is 7.62. The van der Waals surface area contributed by atoms with Crippen LogP contribution in [-0.4, -0.2) is 21.9 Å². The number of amides is 1. The topological polar surface area (TPSA) is 55.6 Å². The summed E-state index contributed by atoms with van der Waals surface area (Å²) in [4.78, 5) is 17.1. The van der Waals surface area contributed by atoms with E-state index in [-0.39, 0.29) is 5.91 Å². The van der Waals surface area contributed by atoms with Crippen LogP contribution in [0.3, 0.4) is 0 Å². The predicted octanol–water partition coefficient (Wildman–Crippen LogP) is 5.43. The Morgan fingerprint density at radius 2 is 1.83 bits per heavy atom. The van der Waals surface area contributed by atoms with Crippen molar-refractivity contribution in [3.8, 4) is 17.0 Å². The zero-order valence-electron chi connectivity index (χ0n) is 16.3. The van der Waals surface area contributed by atoms with E-state index in [9.17, 15) is 4.79 Å². The van der Waals surface area contributed by atoms with Crippen LogP contribution < -0.4 is 10.1 Å². The predicted molar refractivity (Wildman–Crippen MR) is 115 cm³/mol. The molecule has 0 fully saturated rings. The van der Waals surface area contributed by atoms with E-state index < -0.39 is 0 Å². The van der Waals surface area contributed by atoms with Crippen molar-refractivity contribution in [2.75, 3.05) is 11.9 Å². The normalized spacial score (nSPS) is 10.8. The van der Waals surface area contributed by atoms with Crippen molar-refractivity contribution in [2.24, 2.45) is 0 Å². The van der Waals surface area contributed by atoms with Gasteiger partial charge in [0.25, 0.3) is 5.91 Å². The molecule has 0 unspecified atom stereocenters. The van der Waals surface area contributed by atoms with E-state index in [1.54, 1.807) is 12.1 Å². The summed E-state index contributed by atoms with van der Waals surface area (Å²) in [5, 5.41) is 2.93. The fourth-order valence-corrected chi connectivity index (χ4v) is 3.04. The van der Waals surface area contributed by atoms with Gasteiger partial charge in [-0.05, 0) is 55.0 Å². The summed E-state index contributed by atoms with van der Waals surface area (Å²) >= 11 is 0. The van der Waals surface area contributed by atoms with E-state index in [0.717, 1.165) is 41.2 Å². The first-order chi connectivity index (χ1) is 14.2. The van der Waals surface area contributed by atoms with Crippen molar-refractivity contribution in [1.29, 1.82) is 0 Å². The van der Waals surface area contributed by atoms with Gasteiger partial charge in [0.05, 0.1) is 12.3 Å². The molecule has 146 valence electrons. The highest BCUT2D eigenvalue weighted by atomic mass is 16.5. The second kappa shape index (κ2) is 8.61. The first-order valence-electron chi connectivity index (χ1n) is 9.81. The number of carbonyl (C=O) groups excluding carboxylic acids is 1. The Hall–Kier alpha value is -3.60. The summed E-state index contributed by atoms with van der Waals surface area (Å²) in [6, 6.07) is 20.8. The molecule has 5 nitrogen and oxygen atoms in total. The van der Waals surface area contributed by atoms with E-state index in [1.807, 2.05) is 71.4 Å². The van der Waals surface area contributed by atoms with Gasteiger partial charge in [0, 0.05) is 29.2 Å². The average molecular weight is 385 g/mol. The van der Waals surface area contributed by atoms with E-state index in [4.69, 9.17) is 4.74 Å². The molecular weight excluding hydrogens is 362 g/mol. The van der Waals surface area contributed by atoms with Crippen molar-refractivity contribution in [2.45, 2.75) is 19.8 Å². The summed E-state index contributed by atoms with van der Waals surface area (Å²) in [7, 11) is 0. The summed E-state index contributed by atoms with van der Waals surface area (Å²) in [6.07, 6.45) is 6.08. The van der Waals surface area contributed by atoms with Crippen LogP contribution >= 0.6 is 0 Å². The van der Waals surface area contributed by atoms with Crippen LogP contribution in [0.4, 0.5) is 5.69 Å². The van der Waals surface area contributed by atoms with Gasteiger partial charge in [-0.2, -0.15) is 0 Å². The molecule has 5 heteroatoms. The lowest BCUT2D eigenvalue weighted by Crippen LogP contribution is -2.11. The second-order valence-electron chi connectivity index (χ2n) is 6.85. The monoisotopic (exact) mass is 385 g/mol. The van der Waals surface area contributed by atoms with Crippen LogP contribution in [0.5, 0.6) is 5.75 Å². The molecule has 4 rings (SSSR count). The fraction of sp³-hybridized carbons (Fsp3) is 0.167. The molecule has 0 atom stereocenters. The molecule has 1 amide bonds. The van der Waals surface area contributed by atoms with E-state index >= 15 is 0 Å². The van der Waals surface area contributed by atoms with Gasteiger partial charge < -0.3 is 14.5 Å². The van der Waals surface area contributed by atoms with Gasteiger partial charge >= 0.3 is 0 Å². The molecule has 0 radical (unpaired) electrons. The van der Waals surface area contributed by atoms with Gasteiger partial charge in [-0.25, -0.2) is 4.98 Å². The Morgan fingerprint density at radius 3 is 2.55 bits per heavy atom. The number of anilines is 1. The first-order valence-corrected chi connectivity index (χ1v) is 9.81. The average Bonchev–Trinajstić information content (AvgIpc) is 3.19. The zero-order valence-corrected chi connectivity index (χ0v) is 16.3. The third-order valence-electron chi connectivity index (χ3n) is 4.69. The number of hydrogen-bond donors (Lipinski definition) is 1. The SMILES string of the molecule is CCCCOc1ccc(C(=O)Nc2ccc(-c3cn4ccccc4n3)cc2)cc1. The van der Waals surface area contributed by atoms with Crippen molar-refractivity contribution in [3.63, 3.8) is 0 Å². The van der Waals surface area contributed by atoms with Gasteiger partial charge in [0.15, 0.2) is 0 Å². The molecule has 1 N–H and O–H groups in total. The lowest BCUT2D eigenvalue weighted by atomic mass is 10.1. The maximum atomic E-state index is 12.5. The van der Waals surface area contributed by atoms with Gasteiger partial charge in [0.2, 0.25) is 0 Å². The number of fused-ring (bicyclic) bond motifs is 1. The van der Waals surface area contributed by atoms with Crippen molar-refractivity contribution >= 4 is 17.2 Å². The highest BCUT2D eigenvalue weighted by molar-refractivity contribution is 6.04. The smallest absolute Gasteiger partial charge is 0.255 e. The lowest BCUT2D eigenvalue weighted by molar-refractivity contribution is 0.102. The molecule has 0 aliphatic heterocycles. The Bertz CT molecular complexity index is 1070. The van der Waals surface area contributed by atoms with E-state index in [2.05, 4.69) is 17.2 Å². The quantitative estimate of drug-likeness (QED) is 0.431. The number of pyridine rings is 1.